The molecule has 0 bridgehead atoms. The molecular weight excluding hydrogens is 344 g/mol. The van der Waals surface area contributed by atoms with E-state index in [-0.39, 0.29) is 11.8 Å². The molecule has 1 aromatic carbocycles. The van der Waals surface area contributed by atoms with Gasteiger partial charge < -0.3 is 19.7 Å². The fraction of sp³-hybridized carbons (Fsp3) is 0.450. The Morgan fingerprint density at radius 2 is 1.70 bits per heavy atom. The number of hydrogen-bond acceptors (Lipinski definition) is 6. The first-order valence-electron chi connectivity index (χ1n) is 9.09. The molecule has 0 spiro atoms. The summed E-state index contributed by atoms with van der Waals surface area (Å²) in [7, 11) is 3.17. The van der Waals surface area contributed by atoms with Crippen LogP contribution in [0.4, 0.5) is 11.6 Å². The predicted molar refractivity (Wildman–Crippen MR) is 105 cm³/mol. The van der Waals surface area contributed by atoms with Gasteiger partial charge in [0.05, 0.1) is 20.1 Å². The second kappa shape index (κ2) is 8.24. The van der Waals surface area contributed by atoms with Crippen LogP contribution in [0.1, 0.15) is 24.2 Å². The van der Waals surface area contributed by atoms with Crippen LogP contribution in [0.2, 0.25) is 0 Å². The Kier molecular flexibility index (Phi) is 5.78. The number of aryl methyl sites for hydroxylation is 2. The third-order valence-electron chi connectivity index (χ3n) is 4.66. The summed E-state index contributed by atoms with van der Waals surface area (Å²) < 4.78 is 10.5. The van der Waals surface area contributed by atoms with Gasteiger partial charge in [0.2, 0.25) is 11.9 Å². The van der Waals surface area contributed by atoms with Gasteiger partial charge in [-0.05, 0) is 32.8 Å². The van der Waals surface area contributed by atoms with Crippen LogP contribution in [-0.4, -0.2) is 43.2 Å². The molecule has 1 fully saturated rings. The van der Waals surface area contributed by atoms with Crippen molar-refractivity contribution >= 4 is 17.5 Å². The average molecular weight is 370 g/mol. The Labute approximate surface area is 159 Å². The minimum absolute atomic E-state index is 0.0145. The lowest BCUT2D eigenvalue weighted by Crippen LogP contribution is -2.41. The number of methoxy groups -OCH3 is 2. The number of nitrogens with one attached hydrogen (secondary N) is 1. The highest BCUT2D eigenvalue weighted by atomic mass is 16.5. The number of anilines is 2. The molecular formula is C20H26N4O3. The summed E-state index contributed by atoms with van der Waals surface area (Å²) >= 11 is 0. The van der Waals surface area contributed by atoms with Crippen LogP contribution in [0.15, 0.2) is 24.3 Å². The average Bonchev–Trinajstić information content (AvgIpc) is 2.67. The van der Waals surface area contributed by atoms with E-state index in [2.05, 4.69) is 20.2 Å². The summed E-state index contributed by atoms with van der Waals surface area (Å²) in [5.74, 6) is 1.84. The van der Waals surface area contributed by atoms with Crippen molar-refractivity contribution in [1.29, 1.82) is 0 Å². The van der Waals surface area contributed by atoms with Gasteiger partial charge in [-0.1, -0.05) is 0 Å². The molecule has 1 aliphatic heterocycles. The zero-order valence-corrected chi connectivity index (χ0v) is 16.3. The van der Waals surface area contributed by atoms with Gasteiger partial charge in [0, 0.05) is 48.4 Å². The summed E-state index contributed by atoms with van der Waals surface area (Å²) in [6.07, 6.45) is 1.77. The first-order chi connectivity index (χ1) is 13.0. The molecule has 2 aromatic rings. The van der Waals surface area contributed by atoms with E-state index in [9.17, 15) is 4.79 Å². The van der Waals surface area contributed by atoms with E-state index < -0.39 is 0 Å². The van der Waals surface area contributed by atoms with Crippen LogP contribution in [0, 0.1) is 19.8 Å². The lowest BCUT2D eigenvalue weighted by Gasteiger charge is -2.32. The second-order valence-electron chi connectivity index (χ2n) is 6.83. The van der Waals surface area contributed by atoms with Crippen LogP contribution < -0.4 is 19.7 Å². The van der Waals surface area contributed by atoms with E-state index in [0.717, 1.165) is 30.8 Å². The molecule has 1 saturated heterocycles. The molecule has 0 radical (unpaired) electrons. The monoisotopic (exact) mass is 370 g/mol. The number of carbonyl (C=O) groups excluding carboxylic acids is 1. The van der Waals surface area contributed by atoms with Crippen molar-refractivity contribution in [3.05, 3.63) is 35.7 Å². The van der Waals surface area contributed by atoms with Gasteiger partial charge >= 0.3 is 0 Å². The van der Waals surface area contributed by atoms with E-state index >= 15 is 0 Å². The summed E-state index contributed by atoms with van der Waals surface area (Å²) in [5, 5.41) is 2.99. The number of nitrogens with zero attached hydrogens (tertiary/aromatic N) is 3. The van der Waals surface area contributed by atoms with Crippen molar-refractivity contribution in [3.63, 3.8) is 0 Å². The highest BCUT2D eigenvalue weighted by Crippen LogP contribution is 2.27. The number of ether oxygens (including phenoxy) is 2. The topological polar surface area (TPSA) is 76.6 Å². The normalized spacial score (nSPS) is 16.7. The van der Waals surface area contributed by atoms with E-state index in [1.54, 1.807) is 32.4 Å². The number of piperidine rings is 1. The first kappa shape index (κ1) is 18.9. The number of hydrogen-bond donors (Lipinski definition) is 1. The molecule has 1 N–H and O–H groups in total. The number of carbonyl (C=O) groups is 1. The minimum Gasteiger partial charge on any atom is -0.497 e. The van der Waals surface area contributed by atoms with Gasteiger partial charge in [0.15, 0.2) is 0 Å². The van der Waals surface area contributed by atoms with Crippen LogP contribution in [-0.2, 0) is 4.79 Å². The molecule has 7 nitrogen and oxygen atoms in total. The third-order valence-corrected chi connectivity index (χ3v) is 4.66. The molecule has 0 saturated carbocycles. The van der Waals surface area contributed by atoms with Crippen LogP contribution in [0.25, 0.3) is 0 Å². The molecule has 1 atom stereocenters. The zero-order chi connectivity index (χ0) is 19.4. The zero-order valence-electron chi connectivity index (χ0n) is 16.3. The highest BCUT2D eigenvalue weighted by molar-refractivity contribution is 5.93. The largest absolute Gasteiger partial charge is 0.497 e. The summed E-state index contributed by atoms with van der Waals surface area (Å²) in [4.78, 5) is 24.0. The molecule has 0 unspecified atom stereocenters. The van der Waals surface area contributed by atoms with Crippen molar-refractivity contribution in [1.82, 2.24) is 9.97 Å². The molecule has 0 aliphatic carbocycles. The lowest BCUT2D eigenvalue weighted by atomic mass is 9.97. The lowest BCUT2D eigenvalue weighted by molar-refractivity contribution is -0.120. The molecule has 1 amide bonds. The van der Waals surface area contributed by atoms with Crippen LogP contribution >= 0.6 is 0 Å². The summed E-state index contributed by atoms with van der Waals surface area (Å²) in [6.45, 7) is 5.39. The third kappa shape index (κ3) is 4.67. The maximum Gasteiger partial charge on any atom is 0.229 e. The SMILES string of the molecule is COc1cc(NC(=O)[C@@H]2CCCN(c3nc(C)cc(C)n3)C2)cc(OC)c1. The maximum absolute atomic E-state index is 12.8. The quantitative estimate of drug-likeness (QED) is 0.872. The number of rotatable bonds is 5. The Balaban J connectivity index is 1.71. The van der Waals surface area contributed by atoms with Gasteiger partial charge in [-0.2, -0.15) is 0 Å². The van der Waals surface area contributed by atoms with Crippen LogP contribution in [0.5, 0.6) is 11.5 Å². The summed E-state index contributed by atoms with van der Waals surface area (Å²) in [6, 6.07) is 7.30. The number of aromatic nitrogens is 2. The van der Waals surface area contributed by atoms with Crippen molar-refractivity contribution in [3.8, 4) is 11.5 Å². The number of benzene rings is 1. The summed E-state index contributed by atoms with van der Waals surface area (Å²) in [5.41, 5.74) is 2.54. The molecule has 3 rings (SSSR count). The highest BCUT2D eigenvalue weighted by Gasteiger charge is 2.27. The first-order valence-corrected chi connectivity index (χ1v) is 9.09. The predicted octanol–water partition coefficient (Wildman–Crippen LogP) is 2.97. The van der Waals surface area contributed by atoms with Gasteiger partial charge in [0.25, 0.3) is 0 Å². The van der Waals surface area contributed by atoms with E-state index in [4.69, 9.17) is 9.47 Å². The standard InChI is InChI=1S/C20H26N4O3/c1-13-8-14(2)22-20(21-13)24-7-5-6-15(12-24)19(25)23-16-9-17(26-3)11-18(10-16)27-4/h8-11,15H,5-7,12H2,1-4H3,(H,23,25)/t15-/m1/s1. The van der Waals surface area contributed by atoms with Crippen molar-refractivity contribution in [2.24, 2.45) is 5.92 Å². The van der Waals surface area contributed by atoms with E-state index in [1.165, 1.54) is 0 Å². The molecule has 1 aliphatic rings. The fourth-order valence-corrected chi connectivity index (χ4v) is 3.35. The van der Waals surface area contributed by atoms with Gasteiger partial charge in [0.1, 0.15) is 11.5 Å². The molecule has 7 heteroatoms. The number of amides is 1. The Morgan fingerprint density at radius 3 is 2.30 bits per heavy atom. The van der Waals surface area contributed by atoms with E-state index in [0.29, 0.717) is 29.7 Å². The van der Waals surface area contributed by atoms with Crippen molar-refractivity contribution in [2.45, 2.75) is 26.7 Å². The maximum atomic E-state index is 12.8. The fourth-order valence-electron chi connectivity index (χ4n) is 3.35. The Bertz CT molecular complexity index is 782. The van der Waals surface area contributed by atoms with Gasteiger partial charge in [-0.25, -0.2) is 9.97 Å². The molecule has 2 heterocycles. The van der Waals surface area contributed by atoms with Crippen molar-refractivity contribution in [2.75, 3.05) is 37.5 Å². The molecule has 27 heavy (non-hydrogen) atoms. The Morgan fingerprint density at radius 1 is 1.07 bits per heavy atom. The minimum atomic E-state index is -0.125. The second-order valence-corrected chi connectivity index (χ2v) is 6.83. The van der Waals surface area contributed by atoms with Crippen molar-refractivity contribution < 1.29 is 14.3 Å². The van der Waals surface area contributed by atoms with E-state index in [1.807, 2.05) is 19.9 Å². The Hall–Kier alpha value is -2.83. The molecule has 144 valence electrons. The molecule has 1 aromatic heterocycles. The van der Waals surface area contributed by atoms with Gasteiger partial charge in [-0.15, -0.1) is 0 Å². The van der Waals surface area contributed by atoms with Gasteiger partial charge in [-0.3, -0.25) is 4.79 Å². The van der Waals surface area contributed by atoms with Crippen LogP contribution in [0.3, 0.4) is 0 Å². The smallest absolute Gasteiger partial charge is 0.229 e.